The fraction of sp³-hybridized carbons (Fsp3) is 0. The molecule has 0 aliphatic heterocycles. The maximum absolute atomic E-state index is 12.3. The van der Waals surface area contributed by atoms with Gasteiger partial charge < -0.3 is 4.98 Å². The first-order valence-corrected chi connectivity index (χ1v) is 8.33. The van der Waals surface area contributed by atoms with Gasteiger partial charge in [-0.15, -0.1) is 0 Å². The van der Waals surface area contributed by atoms with Crippen LogP contribution in [0.1, 0.15) is 11.4 Å². The first kappa shape index (κ1) is 16.1. The third kappa shape index (κ3) is 2.85. The molecule has 0 aliphatic carbocycles. The average Bonchev–Trinajstić information content (AvgIpc) is 2.66. The number of H-pyrrole nitrogens is 1. The number of aromatic nitrogens is 2. The molecule has 3 aromatic carbocycles. The molecule has 4 aromatic rings. The molecule has 0 aliphatic rings. The lowest BCUT2D eigenvalue weighted by molar-refractivity contribution is 1.13. The number of aromatic amines is 1. The van der Waals surface area contributed by atoms with Crippen molar-refractivity contribution >= 4 is 44.9 Å². The van der Waals surface area contributed by atoms with Crippen LogP contribution in [0.3, 0.4) is 0 Å². The highest BCUT2D eigenvalue weighted by Gasteiger charge is 2.09. The molecule has 0 saturated carbocycles. The molecule has 26 heavy (non-hydrogen) atoms. The van der Waals surface area contributed by atoms with Gasteiger partial charge in [-0.05, 0) is 40.6 Å². The van der Waals surface area contributed by atoms with Crippen LogP contribution in [0.2, 0.25) is 5.02 Å². The lowest BCUT2D eigenvalue weighted by Crippen LogP contribution is -2.11. The molecule has 0 fully saturated rings. The Bertz CT molecular complexity index is 1280. The summed E-state index contributed by atoms with van der Waals surface area (Å²) < 4.78 is 0. The van der Waals surface area contributed by atoms with Gasteiger partial charge in [0.05, 0.1) is 16.5 Å². The highest BCUT2D eigenvalue weighted by molar-refractivity contribution is 6.31. The summed E-state index contributed by atoms with van der Waals surface area (Å²) in [6.07, 6.45) is 1.74. The fourth-order valence-corrected chi connectivity index (χ4v) is 3.10. The molecule has 0 saturated heterocycles. The number of hydrogen-bond acceptors (Lipinski definition) is 3. The number of nitrogens with zero attached hydrogens (tertiary/aromatic N) is 2. The molecule has 1 aromatic heterocycles. The molecular formula is C21H12ClN3O. The lowest BCUT2D eigenvalue weighted by atomic mass is 10.0. The van der Waals surface area contributed by atoms with Crippen molar-refractivity contribution in [3.8, 4) is 6.07 Å². The van der Waals surface area contributed by atoms with Crippen LogP contribution in [0, 0.1) is 11.3 Å². The molecule has 1 N–H and O–H groups in total. The van der Waals surface area contributed by atoms with E-state index in [-0.39, 0.29) is 17.0 Å². The highest BCUT2D eigenvalue weighted by atomic mass is 35.5. The summed E-state index contributed by atoms with van der Waals surface area (Å²) >= 11 is 5.94. The van der Waals surface area contributed by atoms with E-state index in [0.29, 0.717) is 15.9 Å². The van der Waals surface area contributed by atoms with E-state index in [9.17, 15) is 10.1 Å². The van der Waals surface area contributed by atoms with Gasteiger partial charge in [-0.3, -0.25) is 4.79 Å². The van der Waals surface area contributed by atoms with Crippen LogP contribution in [-0.2, 0) is 0 Å². The average molecular weight is 358 g/mol. The molecule has 0 bridgehead atoms. The standard InChI is InChI=1S/C21H12ClN3O/c22-16-8-9-19-18(11-16)21(26)25-20(24-19)15(12-23)10-14-6-3-5-13-4-1-2-7-17(13)14/h1-11H,(H,24,25,26)/b15-10+. The zero-order valence-corrected chi connectivity index (χ0v) is 14.3. The minimum absolute atomic E-state index is 0.236. The Kier molecular flexibility index (Phi) is 4.00. The van der Waals surface area contributed by atoms with Crippen molar-refractivity contribution < 1.29 is 0 Å². The summed E-state index contributed by atoms with van der Waals surface area (Å²) in [7, 11) is 0. The molecule has 4 nitrogen and oxygen atoms in total. The Hall–Kier alpha value is -3.42. The second kappa shape index (κ2) is 6.47. The van der Waals surface area contributed by atoms with Crippen LogP contribution in [0.5, 0.6) is 0 Å². The van der Waals surface area contributed by atoms with Crippen molar-refractivity contribution in [2.75, 3.05) is 0 Å². The van der Waals surface area contributed by atoms with E-state index in [4.69, 9.17) is 11.6 Å². The summed E-state index contributed by atoms with van der Waals surface area (Å²) in [6, 6.07) is 20.8. The highest BCUT2D eigenvalue weighted by Crippen LogP contribution is 2.23. The fourth-order valence-electron chi connectivity index (χ4n) is 2.92. The smallest absolute Gasteiger partial charge is 0.259 e. The van der Waals surface area contributed by atoms with Gasteiger partial charge in [-0.2, -0.15) is 5.26 Å². The van der Waals surface area contributed by atoms with E-state index in [1.807, 2.05) is 42.5 Å². The maximum atomic E-state index is 12.3. The Balaban J connectivity index is 1.91. The van der Waals surface area contributed by atoms with Gasteiger partial charge in [0.1, 0.15) is 6.07 Å². The maximum Gasteiger partial charge on any atom is 0.259 e. The third-order valence-electron chi connectivity index (χ3n) is 4.17. The summed E-state index contributed by atoms with van der Waals surface area (Å²) in [5.41, 5.74) is 1.34. The Morgan fingerprint density at radius 3 is 2.73 bits per heavy atom. The summed E-state index contributed by atoms with van der Waals surface area (Å²) in [5, 5.41) is 12.6. The van der Waals surface area contributed by atoms with E-state index in [2.05, 4.69) is 16.0 Å². The van der Waals surface area contributed by atoms with E-state index >= 15 is 0 Å². The first-order chi connectivity index (χ1) is 12.7. The summed E-state index contributed by atoms with van der Waals surface area (Å²) in [4.78, 5) is 19.4. The van der Waals surface area contributed by atoms with Crippen molar-refractivity contribution in [1.82, 2.24) is 9.97 Å². The van der Waals surface area contributed by atoms with Crippen molar-refractivity contribution in [2.24, 2.45) is 0 Å². The molecule has 124 valence electrons. The van der Waals surface area contributed by atoms with Crippen LogP contribution < -0.4 is 5.56 Å². The summed E-state index contributed by atoms with van der Waals surface area (Å²) in [6.45, 7) is 0. The minimum atomic E-state index is -0.327. The largest absolute Gasteiger partial charge is 0.305 e. The molecular weight excluding hydrogens is 346 g/mol. The number of nitriles is 1. The zero-order chi connectivity index (χ0) is 18.1. The number of benzene rings is 3. The van der Waals surface area contributed by atoms with Gasteiger partial charge in [-0.25, -0.2) is 4.98 Å². The third-order valence-corrected chi connectivity index (χ3v) is 4.40. The molecule has 0 unspecified atom stereocenters. The van der Waals surface area contributed by atoms with Crippen LogP contribution in [0.15, 0.2) is 65.5 Å². The van der Waals surface area contributed by atoms with E-state index < -0.39 is 0 Å². The van der Waals surface area contributed by atoms with Gasteiger partial charge in [-0.1, -0.05) is 54.1 Å². The molecule has 0 spiro atoms. The van der Waals surface area contributed by atoms with E-state index in [1.54, 1.807) is 24.3 Å². The van der Waals surface area contributed by atoms with Gasteiger partial charge in [0.15, 0.2) is 5.82 Å². The monoisotopic (exact) mass is 357 g/mol. The number of rotatable bonds is 2. The minimum Gasteiger partial charge on any atom is -0.305 e. The molecule has 0 atom stereocenters. The van der Waals surface area contributed by atoms with E-state index in [0.717, 1.165) is 16.3 Å². The van der Waals surface area contributed by atoms with Crippen LogP contribution in [-0.4, -0.2) is 9.97 Å². The Labute approximate surface area is 154 Å². The van der Waals surface area contributed by atoms with Gasteiger partial charge in [0.25, 0.3) is 5.56 Å². The number of allylic oxidation sites excluding steroid dienone is 1. The molecule has 5 heteroatoms. The predicted octanol–water partition coefficient (Wildman–Crippen LogP) is 4.79. The number of nitrogens with one attached hydrogen (secondary N) is 1. The zero-order valence-electron chi connectivity index (χ0n) is 13.5. The van der Waals surface area contributed by atoms with Crippen molar-refractivity contribution in [3.05, 3.63) is 87.4 Å². The normalized spacial score (nSPS) is 11.6. The van der Waals surface area contributed by atoms with Crippen LogP contribution in [0.25, 0.3) is 33.3 Å². The number of halogens is 1. The van der Waals surface area contributed by atoms with Crippen LogP contribution in [0.4, 0.5) is 0 Å². The van der Waals surface area contributed by atoms with Gasteiger partial charge >= 0.3 is 0 Å². The predicted molar refractivity (Wildman–Crippen MR) is 105 cm³/mol. The number of fused-ring (bicyclic) bond motifs is 2. The second-order valence-electron chi connectivity index (χ2n) is 5.81. The van der Waals surface area contributed by atoms with E-state index in [1.165, 1.54) is 0 Å². The molecule has 0 amide bonds. The van der Waals surface area contributed by atoms with Crippen molar-refractivity contribution in [2.45, 2.75) is 0 Å². The molecule has 0 radical (unpaired) electrons. The summed E-state index contributed by atoms with van der Waals surface area (Å²) in [5.74, 6) is 0.236. The second-order valence-corrected chi connectivity index (χ2v) is 6.25. The lowest BCUT2D eigenvalue weighted by Gasteiger charge is -2.05. The molecule has 1 heterocycles. The van der Waals surface area contributed by atoms with Crippen molar-refractivity contribution in [3.63, 3.8) is 0 Å². The SMILES string of the molecule is N#C/C(=C\c1cccc2ccccc12)c1nc2ccc(Cl)cc2c(=O)[nH]1. The quantitative estimate of drug-likeness (QED) is 0.524. The topological polar surface area (TPSA) is 69.5 Å². The van der Waals surface area contributed by atoms with Gasteiger partial charge in [0.2, 0.25) is 0 Å². The number of hydrogen-bond donors (Lipinski definition) is 1. The first-order valence-electron chi connectivity index (χ1n) is 7.95. The Morgan fingerprint density at radius 2 is 1.88 bits per heavy atom. The molecule has 4 rings (SSSR count). The van der Waals surface area contributed by atoms with Crippen LogP contribution >= 0.6 is 11.6 Å². The Morgan fingerprint density at radius 1 is 1.08 bits per heavy atom. The van der Waals surface area contributed by atoms with Gasteiger partial charge in [0, 0.05) is 5.02 Å². The van der Waals surface area contributed by atoms with Crippen molar-refractivity contribution in [1.29, 1.82) is 5.26 Å².